The lowest BCUT2D eigenvalue weighted by atomic mass is 9.93. The second-order valence-electron chi connectivity index (χ2n) is 6.14. The maximum Gasteiger partial charge on any atom is 0.306 e. The number of hydrogen-bond donors (Lipinski definition) is 1. The molecule has 24 heavy (non-hydrogen) atoms. The van der Waals surface area contributed by atoms with Crippen LogP contribution in [0.5, 0.6) is 11.5 Å². The average molecular weight is 335 g/mol. The average Bonchev–Trinajstić information content (AvgIpc) is 2.58. The van der Waals surface area contributed by atoms with Gasteiger partial charge in [-0.3, -0.25) is 9.69 Å². The fourth-order valence-corrected chi connectivity index (χ4v) is 3.44. The normalized spacial score (nSPS) is 17.5. The maximum atomic E-state index is 11.1. The summed E-state index contributed by atoms with van der Waals surface area (Å²) in [5, 5.41) is 9.16. The quantitative estimate of drug-likeness (QED) is 0.784. The van der Waals surface area contributed by atoms with Crippen LogP contribution in [0.4, 0.5) is 0 Å². The van der Waals surface area contributed by atoms with E-state index in [-0.39, 0.29) is 12.0 Å². The van der Waals surface area contributed by atoms with Crippen molar-refractivity contribution < 1.29 is 19.4 Å². The van der Waals surface area contributed by atoms with Crippen molar-refractivity contribution in [1.29, 1.82) is 0 Å². The molecule has 2 rings (SSSR count). The number of rotatable bonds is 8. The number of aliphatic carboxylic acids is 1. The third-order valence-electron chi connectivity index (χ3n) is 4.66. The lowest BCUT2D eigenvalue weighted by Crippen LogP contribution is -2.38. The van der Waals surface area contributed by atoms with Crippen LogP contribution in [0, 0.1) is 5.92 Å². The monoisotopic (exact) mass is 335 g/mol. The van der Waals surface area contributed by atoms with Gasteiger partial charge in [0.25, 0.3) is 0 Å². The van der Waals surface area contributed by atoms with E-state index in [9.17, 15) is 4.79 Å². The molecule has 0 radical (unpaired) electrons. The molecule has 0 bridgehead atoms. The van der Waals surface area contributed by atoms with Crippen molar-refractivity contribution in [3.8, 4) is 11.5 Å². The molecule has 1 N–H and O–H groups in total. The minimum absolute atomic E-state index is 0.196. The highest BCUT2D eigenvalue weighted by atomic mass is 16.5. The summed E-state index contributed by atoms with van der Waals surface area (Å²) < 4.78 is 11.4. The van der Waals surface area contributed by atoms with Crippen LogP contribution in [0.1, 0.15) is 51.6 Å². The van der Waals surface area contributed by atoms with Gasteiger partial charge in [0.2, 0.25) is 0 Å². The summed E-state index contributed by atoms with van der Waals surface area (Å²) in [6.07, 6.45) is 2.43. The molecular formula is C19H29NO4. The molecule has 0 amide bonds. The minimum Gasteiger partial charge on any atom is -0.490 e. The Balaban J connectivity index is 2.15. The number of carbonyl (C=O) groups is 1. The number of likely N-dealkylation sites (tertiary alicyclic amines) is 1. The number of piperidine rings is 1. The molecule has 1 atom stereocenters. The molecule has 0 saturated carbocycles. The molecule has 0 aromatic heterocycles. The third-order valence-corrected chi connectivity index (χ3v) is 4.66. The molecule has 1 heterocycles. The van der Waals surface area contributed by atoms with Crippen LogP contribution in [-0.4, -0.2) is 42.3 Å². The first-order valence-electron chi connectivity index (χ1n) is 8.97. The van der Waals surface area contributed by atoms with E-state index in [4.69, 9.17) is 14.6 Å². The van der Waals surface area contributed by atoms with Crippen LogP contribution in [0.2, 0.25) is 0 Å². The first-order chi connectivity index (χ1) is 11.6. The zero-order chi connectivity index (χ0) is 17.5. The van der Waals surface area contributed by atoms with E-state index >= 15 is 0 Å². The predicted octanol–water partition coefficient (Wildman–Crippen LogP) is 3.73. The highest BCUT2D eigenvalue weighted by Crippen LogP contribution is 2.35. The van der Waals surface area contributed by atoms with E-state index in [2.05, 4.69) is 24.0 Å². The fourth-order valence-electron chi connectivity index (χ4n) is 3.44. The SMILES string of the molecule is CCOc1ccc(C(CC)N2CCC(C(=O)O)CC2)cc1OCC. The van der Waals surface area contributed by atoms with Crippen molar-refractivity contribution in [2.45, 2.75) is 46.1 Å². The number of ether oxygens (including phenoxy) is 2. The summed E-state index contributed by atoms with van der Waals surface area (Å²) in [6, 6.07) is 6.45. The van der Waals surface area contributed by atoms with E-state index in [0.29, 0.717) is 13.2 Å². The van der Waals surface area contributed by atoms with Crippen LogP contribution in [-0.2, 0) is 4.79 Å². The number of benzene rings is 1. The van der Waals surface area contributed by atoms with Crippen molar-refractivity contribution in [1.82, 2.24) is 4.90 Å². The third kappa shape index (κ3) is 4.41. The van der Waals surface area contributed by atoms with Crippen LogP contribution < -0.4 is 9.47 Å². The zero-order valence-electron chi connectivity index (χ0n) is 15.0. The van der Waals surface area contributed by atoms with Gasteiger partial charge in [0, 0.05) is 6.04 Å². The summed E-state index contributed by atoms with van der Waals surface area (Å²) in [7, 11) is 0. The van der Waals surface area contributed by atoms with E-state index in [0.717, 1.165) is 43.9 Å². The Kier molecular flexibility index (Phi) is 6.91. The van der Waals surface area contributed by atoms with Gasteiger partial charge in [0.15, 0.2) is 11.5 Å². The molecule has 1 aromatic rings. The van der Waals surface area contributed by atoms with Gasteiger partial charge in [-0.2, -0.15) is 0 Å². The van der Waals surface area contributed by atoms with Gasteiger partial charge < -0.3 is 14.6 Å². The van der Waals surface area contributed by atoms with E-state index in [1.165, 1.54) is 5.56 Å². The molecule has 1 aliphatic heterocycles. The Morgan fingerprint density at radius 2 is 1.79 bits per heavy atom. The van der Waals surface area contributed by atoms with Crippen molar-refractivity contribution in [2.24, 2.45) is 5.92 Å². The van der Waals surface area contributed by atoms with Crippen LogP contribution in [0.3, 0.4) is 0 Å². The molecule has 5 heteroatoms. The molecule has 134 valence electrons. The largest absolute Gasteiger partial charge is 0.490 e. The van der Waals surface area contributed by atoms with Gasteiger partial charge in [0.05, 0.1) is 19.1 Å². The van der Waals surface area contributed by atoms with Gasteiger partial charge in [-0.15, -0.1) is 0 Å². The maximum absolute atomic E-state index is 11.1. The predicted molar refractivity (Wildman–Crippen MR) is 93.7 cm³/mol. The number of hydrogen-bond acceptors (Lipinski definition) is 4. The van der Waals surface area contributed by atoms with Crippen molar-refractivity contribution in [3.63, 3.8) is 0 Å². The van der Waals surface area contributed by atoms with Crippen LogP contribution >= 0.6 is 0 Å². The Morgan fingerprint density at radius 3 is 2.33 bits per heavy atom. The minimum atomic E-state index is -0.664. The Labute approximate surface area is 144 Å². The molecule has 0 spiro atoms. The summed E-state index contributed by atoms with van der Waals surface area (Å²) in [5.74, 6) is 0.707. The molecule has 1 fully saturated rings. The summed E-state index contributed by atoms with van der Waals surface area (Å²) in [5.41, 5.74) is 1.21. The molecule has 1 aliphatic rings. The van der Waals surface area contributed by atoms with Gasteiger partial charge in [-0.1, -0.05) is 13.0 Å². The number of carboxylic acids is 1. The highest BCUT2D eigenvalue weighted by molar-refractivity contribution is 5.70. The lowest BCUT2D eigenvalue weighted by Gasteiger charge is -2.36. The topological polar surface area (TPSA) is 59.0 Å². The Morgan fingerprint density at radius 1 is 1.17 bits per heavy atom. The fraction of sp³-hybridized carbons (Fsp3) is 0.632. The van der Waals surface area contributed by atoms with Crippen molar-refractivity contribution >= 4 is 5.97 Å². The summed E-state index contributed by atoms with van der Waals surface area (Å²) in [4.78, 5) is 13.5. The molecule has 0 aliphatic carbocycles. The number of nitrogens with zero attached hydrogens (tertiary/aromatic N) is 1. The Hall–Kier alpha value is -1.75. The summed E-state index contributed by atoms with van der Waals surface area (Å²) >= 11 is 0. The first kappa shape index (κ1) is 18.6. The molecule has 1 aromatic carbocycles. The van der Waals surface area contributed by atoms with Crippen molar-refractivity contribution in [2.75, 3.05) is 26.3 Å². The highest BCUT2D eigenvalue weighted by Gasteiger charge is 2.28. The van der Waals surface area contributed by atoms with E-state index in [1.807, 2.05) is 19.9 Å². The lowest BCUT2D eigenvalue weighted by molar-refractivity contribution is -0.143. The first-order valence-corrected chi connectivity index (χ1v) is 8.97. The van der Waals surface area contributed by atoms with E-state index < -0.39 is 5.97 Å². The van der Waals surface area contributed by atoms with Crippen LogP contribution in [0.25, 0.3) is 0 Å². The number of carboxylic acid groups (broad SMARTS) is 1. The summed E-state index contributed by atoms with van der Waals surface area (Å²) in [6.45, 7) is 8.97. The second-order valence-corrected chi connectivity index (χ2v) is 6.14. The molecule has 5 nitrogen and oxygen atoms in total. The van der Waals surface area contributed by atoms with Crippen LogP contribution in [0.15, 0.2) is 18.2 Å². The molecule has 1 saturated heterocycles. The molecular weight excluding hydrogens is 306 g/mol. The van der Waals surface area contributed by atoms with Crippen molar-refractivity contribution in [3.05, 3.63) is 23.8 Å². The van der Waals surface area contributed by atoms with E-state index in [1.54, 1.807) is 0 Å². The van der Waals surface area contributed by atoms with Gasteiger partial charge in [0.1, 0.15) is 0 Å². The second kappa shape index (κ2) is 8.92. The van der Waals surface area contributed by atoms with Gasteiger partial charge in [-0.05, 0) is 63.9 Å². The smallest absolute Gasteiger partial charge is 0.306 e. The molecule has 1 unspecified atom stereocenters. The van der Waals surface area contributed by atoms with Gasteiger partial charge >= 0.3 is 5.97 Å². The zero-order valence-corrected chi connectivity index (χ0v) is 15.0. The van der Waals surface area contributed by atoms with Gasteiger partial charge in [-0.25, -0.2) is 0 Å². The standard InChI is InChI=1S/C19H29NO4/c1-4-16(20-11-9-14(10-12-20)19(21)22)15-7-8-17(23-5-2)18(13-15)24-6-3/h7-8,13-14,16H,4-6,9-12H2,1-3H3,(H,21,22). The Bertz CT molecular complexity index is 538.